The molecule has 1 aromatic heterocycles. The molecule has 2 heterocycles. The minimum Gasteiger partial charge on any atom is -0.501 e. The predicted octanol–water partition coefficient (Wildman–Crippen LogP) is 3.94. The summed E-state index contributed by atoms with van der Waals surface area (Å²) in [6, 6.07) is 6.48. The van der Waals surface area contributed by atoms with E-state index in [9.17, 15) is 14.7 Å². The van der Waals surface area contributed by atoms with Crippen molar-refractivity contribution in [2.24, 2.45) is 0 Å². The molecule has 160 valence electrons. The van der Waals surface area contributed by atoms with Crippen LogP contribution in [-0.2, 0) is 18.4 Å². The van der Waals surface area contributed by atoms with E-state index in [1.54, 1.807) is 9.47 Å². The molecule has 1 aliphatic carbocycles. The van der Waals surface area contributed by atoms with E-state index in [1.807, 2.05) is 13.8 Å². The van der Waals surface area contributed by atoms with Crippen LogP contribution >= 0.6 is 15.9 Å². The molecule has 2 aliphatic rings. The third-order valence-electron chi connectivity index (χ3n) is 6.60. The Bertz CT molecular complexity index is 1030. The monoisotopic (exact) mass is 473 g/mol. The Labute approximate surface area is 185 Å². The minimum atomic E-state index is -0.714. The van der Waals surface area contributed by atoms with Gasteiger partial charge in [0.25, 0.3) is 5.91 Å². The smallest absolute Gasteiger partial charge is 0.315 e. The van der Waals surface area contributed by atoms with Gasteiger partial charge in [0.1, 0.15) is 5.82 Å². The first-order valence-electron chi connectivity index (χ1n) is 10.6. The number of fused-ring (bicyclic) bond motifs is 1. The number of nitrogens with zero attached hydrogens (tertiary/aromatic N) is 3. The van der Waals surface area contributed by atoms with Crippen LogP contribution in [-0.4, -0.2) is 38.1 Å². The van der Waals surface area contributed by atoms with E-state index in [2.05, 4.69) is 46.0 Å². The van der Waals surface area contributed by atoms with Gasteiger partial charge in [-0.05, 0) is 56.9 Å². The van der Waals surface area contributed by atoms with E-state index in [0.717, 1.165) is 30.2 Å². The number of aryl methyl sites for hydroxylation is 1. The van der Waals surface area contributed by atoms with Crippen molar-refractivity contribution < 1.29 is 9.90 Å². The zero-order chi connectivity index (χ0) is 21.6. The van der Waals surface area contributed by atoms with Crippen molar-refractivity contribution in [2.75, 3.05) is 6.54 Å². The maximum absolute atomic E-state index is 13.0. The summed E-state index contributed by atoms with van der Waals surface area (Å²) in [4.78, 5) is 31.5. The minimum absolute atomic E-state index is 0.00295. The SMILES string of the molecule is Cc1cc(Br)cc(C2(Cc3nc(=O)c(O)c4n3CCN(C(C)C)C4=O)CCCC2)c1. The number of rotatable bonds is 4. The fourth-order valence-corrected chi connectivity index (χ4v) is 5.69. The fraction of sp³-hybridized carbons (Fsp3) is 0.522. The molecule has 4 rings (SSSR count). The van der Waals surface area contributed by atoms with Crippen LogP contribution in [0.25, 0.3) is 0 Å². The van der Waals surface area contributed by atoms with Crippen molar-refractivity contribution in [1.29, 1.82) is 0 Å². The summed E-state index contributed by atoms with van der Waals surface area (Å²) in [5, 5.41) is 10.4. The Kier molecular flexibility index (Phi) is 5.51. The maximum atomic E-state index is 13.0. The van der Waals surface area contributed by atoms with Gasteiger partial charge in [-0.2, -0.15) is 4.98 Å². The molecule has 1 fully saturated rings. The molecule has 0 unspecified atom stereocenters. The van der Waals surface area contributed by atoms with Crippen LogP contribution in [0.4, 0.5) is 0 Å². The third-order valence-corrected chi connectivity index (χ3v) is 7.06. The zero-order valence-electron chi connectivity index (χ0n) is 17.7. The second-order valence-corrected chi connectivity index (χ2v) is 9.87. The normalized spacial score (nSPS) is 18.2. The Hall–Kier alpha value is -2.15. The lowest BCUT2D eigenvalue weighted by molar-refractivity contribution is 0.0636. The molecular formula is C23H28BrN3O3. The fourth-order valence-electron chi connectivity index (χ4n) is 5.08. The molecular weight excluding hydrogens is 446 g/mol. The molecule has 0 spiro atoms. The Morgan fingerprint density at radius 1 is 1.17 bits per heavy atom. The van der Waals surface area contributed by atoms with E-state index >= 15 is 0 Å². The number of hydrogen-bond acceptors (Lipinski definition) is 4. The van der Waals surface area contributed by atoms with Crippen molar-refractivity contribution in [3.05, 3.63) is 55.7 Å². The van der Waals surface area contributed by atoms with Crippen LogP contribution in [0, 0.1) is 6.92 Å². The van der Waals surface area contributed by atoms with Crippen molar-refractivity contribution in [3.8, 4) is 5.75 Å². The highest BCUT2D eigenvalue weighted by Gasteiger charge is 2.39. The highest BCUT2D eigenvalue weighted by Crippen LogP contribution is 2.44. The van der Waals surface area contributed by atoms with E-state index in [-0.39, 0.29) is 23.1 Å². The van der Waals surface area contributed by atoms with Crippen LogP contribution < -0.4 is 5.56 Å². The summed E-state index contributed by atoms with van der Waals surface area (Å²) in [6.07, 6.45) is 4.87. The van der Waals surface area contributed by atoms with Crippen LogP contribution in [0.15, 0.2) is 27.5 Å². The predicted molar refractivity (Wildman–Crippen MR) is 119 cm³/mol. The molecule has 0 atom stereocenters. The van der Waals surface area contributed by atoms with Gasteiger partial charge in [-0.1, -0.05) is 34.8 Å². The van der Waals surface area contributed by atoms with Gasteiger partial charge in [0, 0.05) is 35.4 Å². The number of benzene rings is 1. The number of halogens is 1. The van der Waals surface area contributed by atoms with Gasteiger partial charge in [-0.15, -0.1) is 0 Å². The summed E-state index contributed by atoms with van der Waals surface area (Å²) >= 11 is 3.62. The largest absolute Gasteiger partial charge is 0.501 e. The standard InChI is InChI=1S/C23H28BrN3O3/c1-14(2)26-8-9-27-18(25-21(29)20(28)19(27)22(26)30)13-23(6-4-5-7-23)16-10-15(3)11-17(24)12-16/h10-12,14,28H,4-9,13H2,1-3H3. The first kappa shape index (κ1) is 21.1. The first-order chi connectivity index (χ1) is 14.2. The van der Waals surface area contributed by atoms with Crippen molar-refractivity contribution in [2.45, 2.75) is 70.9 Å². The van der Waals surface area contributed by atoms with Gasteiger partial charge in [0.2, 0.25) is 5.75 Å². The van der Waals surface area contributed by atoms with E-state index < -0.39 is 11.3 Å². The van der Waals surface area contributed by atoms with Crippen LogP contribution in [0.3, 0.4) is 0 Å². The number of hydrogen-bond donors (Lipinski definition) is 1. The second kappa shape index (κ2) is 7.84. The molecule has 6 nitrogen and oxygen atoms in total. The average molecular weight is 474 g/mol. The van der Waals surface area contributed by atoms with E-state index in [0.29, 0.717) is 25.3 Å². The first-order valence-corrected chi connectivity index (χ1v) is 11.4. The summed E-state index contributed by atoms with van der Waals surface area (Å²) in [5.41, 5.74) is 1.68. The van der Waals surface area contributed by atoms with Gasteiger partial charge >= 0.3 is 5.56 Å². The van der Waals surface area contributed by atoms with Crippen molar-refractivity contribution in [3.63, 3.8) is 0 Å². The number of carbonyl (C=O) groups excluding carboxylic acids is 1. The van der Waals surface area contributed by atoms with Gasteiger partial charge in [-0.3, -0.25) is 9.59 Å². The van der Waals surface area contributed by atoms with Gasteiger partial charge in [-0.25, -0.2) is 0 Å². The molecule has 1 aliphatic heterocycles. The molecule has 2 aromatic rings. The molecule has 0 bridgehead atoms. The number of amides is 1. The molecule has 1 saturated carbocycles. The van der Waals surface area contributed by atoms with Crippen molar-refractivity contribution >= 4 is 21.8 Å². The summed E-state index contributed by atoms with van der Waals surface area (Å²) in [7, 11) is 0. The zero-order valence-corrected chi connectivity index (χ0v) is 19.3. The molecule has 30 heavy (non-hydrogen) atoms. The lowest BCUT2D eigenvalue weighted by Crippen LogP contribution is -2.46. The van der Waals surface area contributed by atoms with E-state index in [4.69, 9.17) is 0 Å². The van der Waals surface area contributed by atoms with Crippen LogP contribution in [0.2, 0.25) is 0 Å². The van der Waals surface area contributed by atoms with E-state index in [1.165, 1.54) is 11.1 Å². The third kappa shape index (κ3) is 3.57. The molecule has 0 saturated heterocycles. The Balaban J connectivity index is 1.82. The number of aromatic hydroxyl groups is 1. The van der Waals surface area contributed by atoms with Crippen LogP contribution in [0.5, 0.6) is 5.75 Å². The highest BCUT2D eigenvalue weighted by atomic mass is 79.9. The Morgan fingerprint density at radius 2 is 1.87 bits per heavy atom. The van der Waals surface area contributed by atoms with Crippen LogP contribution in [0.1, 0.15) is 67.0 Å². The molecule has 7 heteroatoms. The number of aromatic nitrogens is 2. The topological polar surface area (TPSA) is 75.4 Å². The molecule has 1 amide bonds. The van der Waals surface area contributed by atoms with Gasteiger partial charge < -0.3 is 14.6 Å². The van der Waals surface area contributed by atoms with Gasteiger partial charge in [0.05, 0.1) is 0 Å². The van der Waals surface area contributed by atoms with Crippen molar-refractivity contribution in [1.82, 2.24) is 14.5 Å². The second-order valence-electron chi connectivity index (χ2n) is 8.96. The van der Waals surface area contributed by atoms with Gasteiger partial charge in [0.15, 0.2) is 5.69 Å². The summed E-state index contributed by atoms with van der Waals surface area (Å²) in [5.74, 6) is -0.231. The molecule has 0 radical (unpaired) electrons. The average Bonchev–Trinajstić information content (AvgIpc) is 3.14. The molecule has 1 N–H and O–H groups in total. The lowest BCUT2D eigenvalue weighted by atomic mass is 9.75. The quantitative estimate of drug-likeness (QED) is 0.729. The summed E-state index contributed by atoms with van der Waals surface area (Å²) < 4.78 is 2.83. The number of carbonyl (C=O) groups is 1. The highest BCUT2D eigenvalue weighted by molar-refractivity contribution is 9.10. The molecule has 1 aromatic carbocycles. The lowest BCUT2D eigenvalue weighted by Gasteiger charge is -2.36. The Morgan fingerprint density at radius 3 is 2.50 bits per heavy atom. The summed E-state index contributed by atoms with van der Waals surface area (Å²) in [6.45, 7) is 7.04. The maximum Gasteiger partial charge on any atom is 0.315 e.